The molecule has 0 saturated heterocycles. The number of rotatable bonds is 3. The summed E-state index contributed by atoms with van der Waals surface area (Å²) in [5, 5.41) is 0.280. The number of carbonyl (C=O) groups excluding carboxylic acids is 6. The fourth-order valence-electron chi connectivity index (χ4n) is 4.46. The van der Waals surface area contributed by atoms with Crippen molar-refractivity contribution in [2.75, 3.05) is 0 Å². The number of hydrogen-bond donors (Lipinski definition) is 0. The molecule has 6 rings (SSSR count). The summed E-state index contributed by atoms with van der Waals surface area (Å²) in [6, 6.07) is 14.5. The Morgan fingerprint density at radius 3 is 1.66 bits per heavy atom. The molecule has 0 atom stereocenters. The van der Waals surface area contributed by atoms with Crippen molar-refractivity contribution in [1.29, 1.82) is 0 Å². The molecule has 0 amide bonds. The minimum absolute atomic E-state index is 0.0339. The molecule has 2 heterocycles. The largest absolute Gasteiger partial charge is 0.449 e. The summed E-state index contributed by atoms with van der Waals surface area (Å²) in [6.45, 7) is 2.67. The van der Waals surface area contributed by atoms with Gasteiger partial charge < -0.3 is 8.83 Å². The Bertz CT molecular complexity index is 1680. The highest BCUT2D eigenvalue weighted by molar-refractivity contribution is 9.08. The summed E-state index contributed by atoms with van der Waals surface area (Å²) in [5.74, 6) is -1.85. The van der Waals surface area contributed by atoms with Crippen molar-refractivity contribution in [2.45, 2.75) is 19.2 Å². The van der Waals surface area contributed by atoms with E-state index < -0.39 is 0 Å². The van der Waals surface area contributed by atoms with E-state index in [9.17, 15) is 28.8 Å². The lowest BCUT2D eigenvalue weighted by atomic mass is 9.86. The van der Waals surface area contributed by atoms with Crippen molar-refractivity contribution in [2.24, 2.45) is 0 Å². The van der Waals surface area contributed by atoms with Crippen LogP contribution >= 0.6 is 15.9 Å². The monoisotopic (exact) mass is 572 g/mol. The molecule has 0 fully saturated rings. The molecule has 188 valence electrons. The van der Waals surface area contributed by atoms with Crippen LogP contribution in [0.2, 0.25) is 0 Å². The molecule has 38 heavy (non-hydrogen) atoms. The van der Waals surface area contributed by atoms with E-state index in [0.717, 1.165) is 0 Å². The Hall–Kier alpha value is -4.50. The van der Waals surface area contributed by atoms with Crippen molar-refractivity contribution in [3.8, 4) is 0 Å². The van der Waals surface area contributed by atoms with E-state index in [1.165, 1.54) is 19.9 Å². The van der Waals surface area contributed by atoms with Gasteiger partial charge in [-0.1, -0.05) is 64.5 Å². The first-order valence-electron chi connectivity index (χ1n) is 11.4. The third-order valence-corrected chi connectivity index (χ3v) is 6.82. The average molecular weight is 573 g/mol. The third kappa shape index (κ3) is 3.83. The van der Waals surface area contributed by atoms with Crippen LogP contribution in [0.5, 0.6) is 0 Å². The first-order chi connectivity index (χ1) is 18.1. The molecule has 0 spiro atoms. The molecule has 2 aliphatic rings. The summed E-state index contributed by atoms with van der Waals surface area (Å²) in [5.41, 5.74) is 2.16. The molecule has 9 heteroatoms. The molecule has 0 radical (unpaired) electrons. The highest BCUT2D eigenvalue weighted by Crippen LogP contribution is 2.34. The van der Waals surface area contributed by atoms with Crippen LogP contribution in [-0.4, -0.2) is 34.7 Å². The van der Waals surface area contributed by atoms with Crippen molar-refractivity contribution in [3.05, 3.63) is 117 Å². The van der Waals surface area contributed by atoms with E-state index in [4.69, 9.17) is 8.83 Å². The lowest BCUT2D eigenvalue weighted by Crippen LogP contribution is -2.20. The fraction of sp³-hybridized carbons (Fsp3) is 0.103. The smallest absolute Gasteiger partial charge is 0.229 e. The quantitative estimate of drug-likeness (QED) is 0.203. The van der Waals surface area contributed by atoms with E-state index in [0.29, 0.717) is 27.8 Å². The number of Topliss-reactive ketones (excluding diaryl/α,β-unsaturated/α-hetero) is 2. The molecular weight excluding hydrogens is 556 g/mol. The van der Waals surface area contributed by atoms with Gasteiger partial charge in [0, 0.05) is 47.0 Å². The topological polar surface area (TPSA) is 129 Å². The van der Waals surface area contributed by atoms with Gasteiger partial charge in [-0.2, -0.15) is 0 Å². The van der Waals surface area contributed by atoms with Gasteiger partial charge in [-0.15, -0.1) is 0 Å². The van der Waals surface area contributed by atoms with Crippen molar-refractivity contribution in [3.63, 3.8) is 0 Å². The first-order valence-corrected chi connectivity index (χ1v) is 12.5. The van der Waals surface area contributed by atoms with E-state index >= 15 is 0 Å². The number of furan rings is 2. The molecule has 2 aromatic heterocycles. The molecule has 8 nitrogen and oxygen atoms in total. The Morgan fingerprint density at radius 2 is 1.16 bits per heavy atom. The Morgan fingerprint density at radius 1 is 0.658 bits per heavy atom. The second-order valence-electron chi connectivity index (χ2n) is 8.62. The van der Waals surface area contributed by atoms with Gasteiger partial charge in [0.15, 0.2) is 46.2 Å². The molecule has 0 unspecified atom stereocenters. The van der Waals surface area contributed by atoms with Gasteiger partial charge >= 0.3 is 0 Å². The van der Waals surface area contributed by atoms with E-state index in [1.54, 1.807) is 48.5 Å². The van der Waals surface area contributed by atoms with Gasteiger partial charge in [0.05, 0.1) is 11.1 Å². The first kappa shape index (κ1) is 25.2. The maximum Gasteiger partial charge on any atom is 0.229 e. The maximum absolute atomic E-state index is 12.5. The number of ketones is 6. The van der Waals surface area contributed by atoms with Gasteiger partial charge in [0.25, 0.3) is 0 Å². The minimum atomic E-state index is -0.357. The zero-order valence-corrected chi connectivity index (χ0v) is 21.6. The Balaban J connectivity index is 0.000000156. The van der Waals surface area contributed by atoms with E-state index in [1.807, 2.05) is 0 Å². The number of hydrogen-bond acceptors (Lipinski definition) is 8. The van der Waals surface area contributed by atoms with Crippen molar-refractivity contribution < 1.29 is 37.6 Å². The predicted molar refractivity (Wildman–Crippen MR) is 137 cm³/mol. The van der Waals surface area contributed by atoms with Gasteiger partial charge in [-0.25, -0.2) is 0 Å². The Kier molecular flexibility index (Phi) is 6.24. The van der Waals surface area contributed by atoms with E-state index in [-0.39, 0.29) is 74.2 Å². The molecule has 2 aromatic carbocycles. The van der Waals surface area contributed by atoms with E-state index in [2.05, 4.69) is 15.9 Å². The van der Waals surface area contributed by atoms with Crippen LogP contribution < -0.4 is 0 Å². The highest BCUT2D eigenvalue weighted by Gasteiger charge is 2.37. The summed E-state index contributed by atoms with van der Waals surface area (Å²) in [6.07, 6.45) is 0. The number of benzene rings is 2. The lowest BCUT2D eigenvalue weighted by Gasteiger charge is -2.13. The normalized spacial score (nSPS) is 13.1. The van der Waals surface area contributed by atoms with Crippen LogP contribution in [0.3, 0.4) is 0 Å². The molecule has 0 saturated carbocycles. The zero-order chi connectivity index (χ0) is 27.3. The summed E-state index contributed by atoms with van der Waals surface area (Å²) < 4.78 is 10.6. The molecule has 2 aliphatic carbocycles. The fourth-order valence-corrected chi connectivity index (χ4v) is 5.00. The van der Waals surface area contributed by atoms with Crippen LogP contribution in [-0.2, 0) is 5.33 Å². The van der Waals surface area contributed by atoms with Gasteiger partial charge in [0.2, 0.25) is 11.6 Å². The van der Waals surface area contributed by atoms with Crippen LogP contribution in [0.15, 0.2) is 63.4 Å². The maximum atomic E-state index is 12.5. The van der Waals surface area contributed by atoms with Crippen molar-refractivity contribution in [1.82, 2.24) is 0 Å². The molecule has 0 aliphatic heterocycles. The number of halogens is 1. The van der Waals surface area contributed by atoms with Gasteiger partial charge in [-0.05, 0) is 6.07 Å². The Labute approximate surface area is 223 Å². The standard InChI is InChI=1S/C15H9BrO4.C14H8O4/c1-7(17)14-10(6-16)11-12(18)8-4-2-3-5-9(8)13(19)15(11)20-14;1-7(15)11-6-10-12(16)8-4-2-3-5-9(8)13(17)14(10)18-11/h2-5H,6H2,1H3;2-6H,1H3. The molecule has 4 aromatic rings. The van der Waals surface area contributed by atoms with Crippen LogP contribution in [0.1, 0.15) is 105 Å². The zero-order valence-electron chi connectivity index (χ0n) is 20.0. The molecular formula is C29H17BrO8. The second-order valence-corrected chi connectivity index (χ2v) is 9.18. The van der Waals surface area contributed by atoms with Crippen LogP contribution in [0.4, 0.5) is 0 Å². The summed E-state index contributed by atoms with van der Waals surface area (Å²) >= 11 is 3.25. The summed E-state index contributed by atoms with van der Waals surface area (Å²) in [7, 11) is 0. The average Bonchev–Trinajstić information content (AvgIpc) is 3.54. The van der Waals surface area contributed by atoms with Gasteiger partial charge in [0.1, 0.15) is 0 Å². The third-order valence-electron chi connectivity index (χ3n) is 6.26. The van der Waals surface area contributed by atoms with Gasteiger partial charge in [-0.3, -0.25) is 28.8 Å². The predicted octanol–water partition coefficient (Wildman–Crippen LogP) is 5.41. The van der Waals surface area contributed by atoms with Crippen LogP contribution in [0.25, 0.3) is 0 Å². The second kappa shape index (κ2) is 9.42. The summed E-state index contributed by atoms with van der Waals surface area (Å²) in [4.78, 5) is 72.0. The number of fused-ring (bicyclic) bond motifs is 4. The molecule has 0 N–H and O–H groups in total. The minimum Gasteiger partial charge on any atom is -0.449 e. The highest BCUT2D eigenvalue weighted by atomic mass is 79.9. The number of alkyl halides is 1. The van der Waals surface area contributed by atoms with Crippen molar-refractivity contribution >= 4 is 50.6 Å². The molecule has 0 bridgehead atoms. The lowest BCUT2D eigenvalue weighted by molar-refractivity contribution is 0.0943. The van der Waals surface area contributed by atoms with Crippen LogP contribution in [0, 0.1) is 0 Å². The SMILES string of the molecule is CC(=O)c1cc2c(o1)C(=O)c1ccccc1C2=O.CC(=O)c1oc2c(c1CBr)C(=O)c1ccccc1C2=O. The number of carbonyl (C=O) groups is 6.